The van der Waals surface area contributed by atoms with Gasteiger partial charge in [0.1, 0.15) is 0 Å². The van der Waals surface area contributed by atoms with E-state index in [0.29, 0.717) is 0 Å². The Kier molecular flexibility index (Phi) is 32.9. The van der Waals surface area contributed by atoms with Crippen molar-refractivity contribution in [2.75, 3.05) is 0 Å². The average Bonchev–Trinajstić information content (AvgIpc) is 2.89. The van der Waals surface area contributed by atoms with Crippen LogP contribution in [0.3, 0.4) is 0 Å². The maximum Gasteiger partial charge on any atom is 0.0927 e. The molecule has 0 heterocycles. The molecule has 0 saturated carbocycles. The summed E-state index contributed by atoms with van der Waals surface area (Å²) in [5.41, 5.74) is 0. The lowest BCUT2D eigenvalue weighted by atomic mass is 10.0. The van der Waals surface area contributed by atoms with Gasteiger partial charge >= 0.3 is 0 Å². The summed E-state index contributed by atoms with van der Waals surface area (Å²) < 4.78 is 0. The van der Waals surface area contributed by atoms with Crippen molar-refractivity contribution >= 4 is 0 Å². The normalized spacial score (nSPS) is 12.4. The fraction of sp³-hybridized carbons (Fsp3) is 1.00. The van der Waals surface area contributed by atoms with E-state index in [1.54, 1.807) is 0 Å². The summed E-state index contributed by atoms with van der Waals surface area (Å²) in [5.74, 6) is 0. The topological polar surface area (TPSA) is 29.5 Å². The Labute approximate surface area is 229 Å². The van der Waals surface area contributed by atoms with Gasteiger partial charge in [0.15, 0.2) is 0 Å². The minimum Gasteiger partial charge on any atom is -0.252 e. The molecule has 218 valence electrons. The highest BCUT2D eigenvalue weighted by Crippen LogP contribution is 2.18. The summed E-state index contributed by atoms with van der Waals surface area (Å²) in [6, 6.07) is 0. The van der Waals surface area contributed by atoms with Gasteiger partial charge in [-0.2, -0.15) is 0 Å². The molecule has 0 aromatic carbocycles. The van der Waals surface area contributed by atoms with Crippen LogP contribution in [0, 0.1) is 0 Å². The maximum atomic E-state index is 9.24. The van der Waals surface area contributed by atoms with Crippen molar-refractivity contribution in [3.8, 4) is 0 Å². The maximum absolute atomic E-state index is 9.24. The van der Waals surface area contributed by atoms with Crippen LogP contribution in [-0.4, -0.2) is 11.4 Å². The fourth-order valence-electron chi connectivity index (χ4n) is 5.56. The zero-order valence-electron chi connectivity index (χ0n) is 25.4. The fourth-order valence-corrected chi connectivity index (χ4v) is 5.56. The lowest BCUT2D eigenvalue weighted by molar-refractivity contribution is -0.281. The van der Waals surface area contributed by atoms with Crippen LogP contribution in [0.1, 0.15) is 213 Å². The van der Waals surface area contributed by atoms with Gasteiger partial charge in [0, 0.05) is 0 Å². The molecule has 2 nitrogen and oxygen atoms in total. The van der Waals surface area contributed by atoms with Crippen molar-refractivity contribution in [2.24, 2.45) is 0 Å². The molecule has 0 aromatic heterocycles. The third kappa shape index (κ3) is 30.1. The van der Waals surface area contributed by atoms with Gasteiger partial charge in [-0.3, -0.25) is 5.26 Å². The lowest BCUT2D eigenvalue weighted by Gasteiger charge is -2.13. The van der Waals surface area contributed by atoms with E-state index >= 15 is 0 Å². The van der Waals surface area contributed by atoms with Crippen molar-refractivity contribution in [3.63, 3.8) is 0 Å². The zero-order chi connectivity index (χ0) is 26.2. The van der Waals surface area contributed by atoms with Gasteiger partial charge in [-0.05, 0) is 12.8 Å². The van der Waals surface area contributed by atoms with Gasteiger partial charge in [0.25, 0.3) is 0 Å². The molecule has 0 saturated heterocycles. The van der Waals surface area contributed by atoms with E-state index in [1.807, 2.05) is 0 Å². The molecule has 0 aliphatic rings. The van der Waals surface area contributed by atoms with Gasteiger partial charge in [-0.25, -0.2) is 4.89 Å². The predicted molar refractivity (Wildman–Crippen MR) is 162 cm³/mol. The van der Waals surface area contributed by atoms with Crippen molar-refractivity contribution in [1.29, 1.82) is 0 Å². The SMILES string of the molecule is CCCCCCCCCCCCCCCCCCC(CCCCCCCCCCCCCCC)OO. The van der Waals surface area contributed by atoms with Crippen LogP contribution in [0.4, 0.5) is 0 Å². The van der Waals surface area contributed by atoms with Crippen LogP contribution in [0.15, 0.2) is 0 Å². The van der Waals surface area contributed by atoms with Gasteiger partial charge in [-0.15, -0.1) is 0 Å². The monoisotopic (exact) mass is 511 g/mol. The standard InChI is InChI=1S/C34H70O2/c1-3-5-7-9-11-13-15-17-18-19-21-23-25-27-29-31-33-34(36-35)32-30-28-26-24-22-20-16-14-12-10-8-6-4-2/h34-35H,3-33H2,1-2H3. The second-order valence-electron chi connectivity index (χ2n) is 11.9. The first-order chi connectivity index (χ1) is 17.8. The van der Waals surface area contributed by atoms with Crippen molar-refractivity contribution in [3.05, 3.63) is 0 Å². The molecule has 0 aliphatic carbocycles. The lowest BCUT2D eigenvalue weighted by Crippen LogP contribution is -2.10. The first-order valence-corrected chi connectivity index (χ1v) is 17.1. The Morgan fingerprint density at radius 2 is 0.528 bits per heavy atom. The zero-order valence-corrected chi connectivity index (χ0v) is 25.4. The summed E-state index contributed by atoms with van der Waals surface area (Å²) in [6.45, 7) is 4.59. The molecular formula is C34H70O2. The second kappa shape index (κ2) is 32.9. The Morgan fingerprint density at radius 1 is 0.333 bits per heavy atom. The van der Waals surface area contributed by atoms with E-state index in [0.717, 1.165) is 12.8 Å². The van der Waals surface area contributed by atoms with Gasteiger partial charge < -0.3 is 0 Å². The van der Waals surface area contributed by atoms with Crippen LogP contribution in [0.2, 0.25) is 0 Å². The van der Waals surface area contributed by atoms with E-state index in [1.165, 1.54) is 186 Å². The van der Waals surface area contributed by atoms with E-state index < -0.39 is 0 Å². The largest absolute Gasteiger partial charge is 0.252 e. The van der Waals surface area contributed by atoms with Crippen molar-refractivity contribution in [1.82, 2.24) is 0 Å². The highest BCUT2D eigenvalue weighted by Gasteiger charge is 2.08. The molecular weight excluding hydrogens is 440 g/mol. The first kappa shape index (κ1) is 35.9. The molecule has 2 heteroatoms. The third-order valence-electron chi connectivity index (χ3n) is 8.16. The van der Waals surface area contributed by atoms with Crippen LogP contribution >= 0.6 is 0 Å². The molecule has 1 N–H and O–H groups in total. The molecule has 0 rings (SSSR count). The molecule has 0 bridgehead atoms. The van der Waals surface area contributed by atoms with Crippen LogP contribution in [0.25, 0.3) is 0 Å². The molecule has 0 radical (unpaired) electrons. The van der Waals surface area contributed by atoms with Crippen molar-refractivity contribution in [2.45, 2.75) is 219 Å². The second-order valence-corrected chi connectivity index (χ2v) is 11.9. The van der Waals surface area contributed by atoms with Crippen LogP contribution in [-0.2, 0) is 4.89 Å². The third-order valence-corrected chi connectivity index (χ3v) is 8.16. The van der Waals surface area contributed by atoms with Gasteiger partial charge in [0.2, 0.25) is 0 Å². The quantitative estimate of drug-likeness (QED) is 0.0553. The summed E-state index contributed by atoms with van der Waals surface area (Å²) >= 11 is 0. The molecule has 36 heavy (non-hydrogen) atoms. The number of unbranched alkanes of at least 4 members (excludes halogenated alkanes) is 27. The van der Waals surface area contributed by atoms with Crippen molar-refractivity contribution < 1.29 is 10.1 Å². The Bertz CT molecular complexity index is 370. The summed E-state index contributed by atoms with van der Waals surface area (Å²) in [7, 11) is 0. The molecule has 0 aliphatic heterocycles. The molecule has 1 unspecified atom stereocenters. The van der Waals surface area contributed by atoms with E-state index in [9.17, 15) is 5.26 Å². The molecule has 0 spiro atoms. The molecule has 1 atom stereocenters. The predicted octanol–water partition coefficient (Wildman–Crippen LogP) is 13.0. The van der Waals surface area contributed by atoms with E-state index in [4.69, 9.17) is 4.89 Å². The van der Waals surface area contributed by atoms with Gasteiger partial charge in [0.05, 0.1) is 6.10 Å². The Hall–Kier alpha value is -0.0800. The Balaban J connectivity index is 3.25. The summed E-state index contributed by atoms with van der Waals surface area (Å²) in [5, 5.41) is 9.24. The minimum atomic E-state index is 0.0735. The molecule has 0 aromatic rings. The average molecular weight is 511 g/mol. The van der Waals surface area contributed by atoms with E-state index in [2.05, 4.69) is 13.8 Å². The smallest absolute Gasteiger partial charge is 0.0927 e. The minimum absolute atomic E-state index is 0.0735. The summed E-state index contributed by atoms with van der Waals surface area (Å²) in [6.07, 6.45) is 42.7. The molecule has 0 amide bonds. The van der Waals surface area contributed by atoms with Crippen LogP contribution < -0.4 is 0 Å². The van der Waals surface area contributed by atoms with E-state index in [-0.39, 0.29) is 6.10 Å². The number of rotatable bonds is 32. The highest BCUT2D eigenvalue weighted by molar-refractivity contribution is 4.59. The first-order valence-electron chi connectivity index (χ1n) is 17.1. The molecule has 0 fully saturated rings. The number of hydrogen-bond donors (Lipinski definition) is 1. The van der Waals surface area contributed by atoms with Crippen LogP contribution in [0.5, 0.6) is 0 Å². The highest BCUT2D eigenvalue weighted by atomic mass is 17.1. The number of hydrogen-bond acceptors (Lipinski definition) is 2. The Morgan fingerprint density at radius 3 is 0.722 bits per heavy atom. The van der Waals surface area contributed by atoms with Gasteiger partial charge in [-0.1, -0.05) is 200 Å². The summed E-state index contributed by atoms with van der Waals surface area (Å²) in [4.78, 5) is 4.78.